The molecule has 9 nitrogen and oxygen atoms in total. The molecule has 0 amide bonds. The van der Waals surface area contributed by atoms with Gasteiger partial charge in [-0.15, -0.1) is 0 Å². The molecule has 0 heterocycles. The third kappa shape index (κ3) is 48.1. The highest BCUT2D eigenvalue weighted by Crippen LogP contribution is 2.38. The number of hydrogen-bond donors (Lipinski definition) is 0. The van der Waals surface area contributed by atoms with Crippen LogP contribution in [0.4, 0.5) is 0 Å². The van der Waals surface area contributed by atoms with Crippen molar-refractivity contribution in [1.29, 1.82) is 0 Å². The van der Waals surface area contributed by atoms with Crippen molar-refractivity contribution in [2.75, 3.05) is 47.5 Å². The molecule has 0 aromatic carbocycles. The first-order chi connectivity index (χ1) is 29.5. The molecule has 0 radical (unpaired) electrons. The van der Waals surface area contributed by atoms with Crippen molar-refractivity contribution in [1.82, 2.24) is 0 Å². The Morgan fingerprint density at radius 1 is 0.492 bits per heavy atom. The molecular weight excluding hydrogens is 786 g/mol. The van der Waals surface area contributed by atoms with Crippen LogP contribution in [0, 0.1) is 0 Å². The van der Waals surface area contributed by atoms with Crippen LogP contribution in [0.15, 0.2) is 12.2 Å². The molecule has 0 rings (SSSR count). The van der Waals surface area contributed by atoms with E-state index >= 15 is 0 Å². The molecule has 0 saturated carbocycles. The number of phosphoric acid groups is 1. The largest absolute Gasteiger partial charge is 0.756 e. The van der Waals surface area contributed by atoms with E-state index in [4.69, 9.17) is 18.5 Å². The summed E-state index contributed by atoms with van der Waals surface area (Å²) in [4.78, 5) is 37.7. The Hall–Kier alpha value is -1.25. The Bertz CT molecular complexity index is 1050. The topological polar surface area (TPSA) is 111 Å². The minimum absolute atomic E-state index is 0.0279. The molecule has 1 unspecified atom stereocenters. The van der Waals surface area contributed by atoms with Crippen molar-refractivity contribution in [3.05, 3.63) is 12.2 Å². The third-order valence-electron chi connectivity index (χ3n) is 11.5. The van der Waals surface area contributed by atoms with E-state index in [9.17, 15) is 19.0 Å². The van der Waals surface area contributed by atoms with Crippen molar-refractivity contribution in [3.8, 4) is 0 Å². The zero-order valence-electron chi connectivity index (χ0n) is 40.9. The van der Waals surface area contributed by atoms with Gasteiger partial charge in [0.05, 0.1) is 27.7 Å². The van der Waals surface area contributed by atoms with Gasteiger partial charge in [-0.2, -0.15) is 0 Å². The van der Waals surface area contributed by atoms with E-state index in [-0.39, 0.29) is 32.0 Å². The number of carbonyl (C=O) groups excluding carboxylic acids is 2. The molecule has 0 aromatic heterocycles. The first-order valence-corrected chi connectivity index (χ1v) is 27.4. The summed E-state index contributed by atoms with van der Waals surface area (Å²) in [5.74, 6) is -0.824. The van der Waals surface area contributed by atoms with Gasteiger partial charge in [-0.1, -0.05) is 212 Å². The zero-order valence-corrected chi connectivity index (χ0v) is 41.8. The molecule has 0 aliphatic heterocycles. The Labute approximate surface area is 377 Å². The summed E-state index contributed by atoms with van der Waals surface area (Å²) in [5.41, 5.74) is 0. The quantitative estimate of drug-likeness (QED) is 0.0195. The normalized spacial score (nSPS) is 13.5. The number of likely N-dealkylation sites (N-methyl/N-ethyl adjacent to an activating group) is 1. The second-order valence-electron chi connectivity index (χ2n) is 18.9. The SMILES string of the molecule is CCCCCCCC/C=C/CCCCCCCCCC(=O)OC[C@H](COP(=O)([O-])OCC[N+](C)(C)C)OC(=O)CCCCCCCCCCCCCCCCCCCCCC. The van der Waals surface area contributed by atoms with Crippen LogP contribution in [0.25, 0.3) is 0 Å². The van der Waals surface area contributed by atoms with Crippen LogP contribution in [-0.2, 0) is 32.7 Å². The fraction of sp³-hybridized carbons (Fsp3) is 0.922. The summed E-state index contributed by atoms with van der Waals surface area (Å²) in [5, 5.41) is 0. The molecule has 0 bridgehead atoms. The maximum atomic E-state index is 12.7. The summed E-state index contributed by atoms with van der Waals surface area (Å²) >= 11 is 0. The molecule has 0 fully saturated rings. The fourth-order valence-corrected chi connectivity index (χ4v) is 8.20. The van der Waals surface area contributed by atoms with Crippen LogP contribution < -0.4 is 4.89 Å². The highest BCUT2D eigenvalue weighted by atomic mass is 31.2. The lowest BCUT2D eigenvalue weighted by molar-refractivity contribution is -0.870. The second-order valence-corrected chi connectivity index (χ2v) is 20.3. The van der Waals surface area contributed by atoms with E-state index in [2.05, 4.69) is 26.0 Å². The maximum Gasteiger partial charge on any atom is 0.306 e. The average Bonchev–Trinajstić information content (AvgIpc) is 3.21. The number of allylic oxidation sites excluding steroid dienone is 2. The van der Waals surface area contributed by atoms with Gasteiger partial charge >= 0.3 is 11.9 Å². The first-order valence-electron chi connectivity index (χ1n) is 25.9. The number of phosphoric ester groups is 1. The summed E-state index contributed by atoms with van der Waals surface area (Å²) in [6.07, 6.45) is 48.1. The van der Waals surface area contributed by atoms with Gasteiger partial charge in [0.1, 0.15) is 19.8 Å². The van der Waals surface area contributed by atoms with Crippen LogP contribution in [-0.4, -0.2) is 70.0 Å². The van der Waals surface area contributed by atoms with Crippen molar-refractivity contribution >= 4 is 19.8 Å². The van der Waals surface area contributed by atoms with Crippen LogP contribution in [0.3, 0.4) is 0 Å². The lowest BCUT2D eigenvalue weighted by atomic mass is 10.0. The minimum atomic E-state index is -4.63. The molecule has 0 spiro atoms. The van der Waals surface area contributed by atoms with E-state index in [1.807, 2.05) is 21.1 Å². The molecule has 0 aliphatic carbocycles. The van der Waals surface area contributed by atoms with Crippen LogP contribution in [0.5, 0.6) is 0 Å². The Balaban J connectivity index is 4.22. The number of unbranched alkanes of at least 4 members (excludes halogenated alkanes) is 32. The molecule has 10 heteroatoms. The molecule has 0 N–H and O–H groups in total. The zero-order chi connectivity index (χ0) is 45.0. The summed E-state index contributed by atoms with van der Waals surface area (Å²) in [7, 11) is 1.18. The number of nitrogens with zero attached hydrogens (tertiary/aromatic N) is 1. The van der Waals surface area contributed by atoms with Gasteiger partial charge < -0.3 is 27.9 Å². The number of carbonyl (C=O) groups is 2. The Kier molecular flexibility index (Phi) is 43.1. The smallest absolute Gasteiger partial charge is 0.306 e. The van der Waals surface area contributed by atoms with E-state index in [0.717, 1.165) is 38.5 Å². The summed E-state index contributed by atoms with van der Waals surface area (Å²) in [6, 6.07) is 0. The molecule has 0 aliphatic rings. The van der Waals surface area contributed by atoms with Gasteiger partial charge in [0, 0.05) is 12.8 Å². The lowest BCUT2D eigenvalue weighted by Gasteiger charge is -2.28. The second kappa shape index (κ2) is 44.0. The number of ether oxygens (including phenoxy) is 2. The number of esters is 2. The lowest BCUT2D eigenvalue weighted by Crippen LogP contribution is -2.37. The fourth-order valence-electron chi connectivity index (χ4n) is 7.48. The van der Waals surface area contributed by atoms with Gasteiger partial charge in [-0.25, -0.2) is 0 Å². The Morgan fingerprint density at radius 3 is 1.21 bits per heavy atom. The van der Waals surface area contributed by atoms with Crippen molar-refractivity contribution < 1.29 is 42.1 Å². The number of quaternary nitrogens is 1. The average molecular weight is 886 g/mol. The van der Waals surface area contributed by atoms with Gasteiger partial charge in [0.15, 0.2) is 6.10 Å². The van der Waals surface area contributed by atoms with E-state index in [1.165, 1.54) is 180 Å². The van der Waals surface area contributed by atoms with E-state index < -0.39 is 26.5 Å². The number of hydrogen-bond acceptors (Lipinski definition) is 8. The predicted molar refractivity (Wildman–Crippen MR) is 255 cm³/mol. The van der Waals surface area contributed by atoms with Crippen LogP contribution in [0.2, 0.25) is 0 Å². The summed E-state index contributed by atoms with van der Waals surface area (Å²) in [6.45, 7) is 4.27. The highest BCUT2D eigenvalue weighted by molar-refractivity contribution is 7.45. The monoisotopic (exact) mass is 886 g/mol. The molecule has 61 heavy (non-hydrogen) atoms. The van der Waals surface area contributed by atoms with Crippen LogP contribution >= 0.6 is 7.82 Å². The Morgan fingerprint density at radius 2 is 0.836 bits per heavy atom. The molecular formula is C51H100NO8P. The van der Waals surface area contributed by atoms with Crippen molar-refractivity contribution in [3.63, 3.8) is 0 Å². The molecule has 0 aromatic rings. The van der Waals surface area contributed by atoms with Crippen molar-refractivity contribution in [2.24, 2.45) is 0 Å². The highest BCUT2D eigenvalue weighted by Gasteiger charge is 2.21. The van der Waals surface area contributed by atoms with Gasteiger partial charge in [-0.05, 0) is 38.5 Å². The van der Waals surface area contributed by atoms with Gasteiger partial charge in [0.25, 0.3) is 7.82 Å². The van der Waals surface area contributed by atoms with Crippen molar-refractivity contribution in [2.45, 2.75) is 258 Å². The van der Waals surface area contributed by atoms with Crippen LogP contribution in [0.1, 0.15) is 251 Å². The third-order valence-corrected chi connectivity index (χ3v) is 12.5. The van der Waals surface area contributed by atoms with E-state index in [1.54, 1.807) is 0 Å². The standard InChI is InChI=1S/C51H100NO8P/c1-6-8-10-12-14-16-18-20-22-24-25-26-28-30-32-34-36-38-40-42-44-51(54)60-49(48-59-61(55,56)58-46-45-52(3,4)5)47-57-50(53)43-41-39-37-35-33-31-29-27-23-21-19-17-15-13-11-9-7-2/h21,23,49H,6-20,22,24-48H2,1-5H3/b23-21+/t49-/m1/s1. The predicted octanol–water partition coefficient (Wildman–Crippen LogP) is 14.7. The maximum absolute atomic E-state index is 12.7. The minimum Gasteiger partial charge on any atom is -0.756 e. The van der Waals surface area contributed by atoms with Gasteiger partial charge in [-0.3, -0.25) is 14.2 Å². The molecule has 0 saturated heterocycles. The van der Waals surface area contributed by atoms with Gasteiger partial charge in [0.2, 0.25) is 0 Å². The number of rotatable bonds is 48. The summed E-state index contributed by atoms with van der Waals surface area (Å²) < 4.78 is 34.1. The van der Waals surface area contributed by atoms with E-state index in [0.29, 0.717) is 17.4 Å². The molecule has 362 valence electrons. The first kappa shape index (κ1) is 59.8. The molecule has 2 atom stereocenters.